The van der Waals surface area contributed by atoms with E-state index in [1.165, 1.54) is 38.6 Å². The first kappa shape index (κ1) is 31.4. The number of nitrogens with zero attached hydrogens (tertiary/aromatic N) is 4. The van der Waals surface area contributed by atoms with Gasteiger partial charge in [-0.1, -0.05) is 71.0 Å². The van der Waals surface area contributed by atoms with Crippen LogP contribution in [-0.2, 0) is 6.42 Å². The van der Waals surface area contributed by atoms with Crippen molar-refractivity contribution in [2.75, 3.05) is 0 Å². The standard InChI is InChI=1S/C43H44N4O/c1-27(2)33-22-34(47-30(5)42(29(4)45-47)32-12-10-9-11-13-32)24-36(23-33)48-35-15-16-37-38-21-31(26-43(6,7)8)14-17-39(38)46(40(37)25-35)41-20-28(3)18-19-44-41/h9-25,27H,26H2,1-8H3. The molecule has 0 amide bonds. The molecular formula is C43H44N4O. The van der Waals surface area contributed by atoms with Gasteiger partial charge in [0.25, 0.3) is 0 Å². The second kappa shape index (κ2) is 12.1. The Labute approximate surface area is 283 Å². The molecule has 5 nitrogen and oxygen atoms in total. The van der Waals surface area contributed by atoms with Crippen molar-refractivity contribution >= 4 is 21.8 Å². The summed E-state index contributed by atoms with van der Waals surface area (Å²) in [6, 6.07) is 34.5. The average molecular weight is 633 g/mol. The molecule has 3 heterocycles. The lowest BCUT2D eigenvalue weighted by Crippen LogP contribution is -2.08. The Morgan fingerprint density at radius 1 is 0.750 bits per heavy atom. The fraction of sp³-hybridized carbons (Fsp3) is 0.256. The van der Waals surface area contributed by atoms with Crippen molar-refractivity contribution in [1.29, 1.82) is 0 Å². The fourth-order valence-electron chi connectivity index (χ4n) is 6.90. The third kappa shape index (κ3) is 6.01. The van der Waals surface area contributed by atoms with Crippen molar-refractivity contribution in [2.45, 2.75) is 67.7 Å². The molecule has 5 heteroatoms. The van der Waals surface area contributed by atoms with Crippen molar-refractivity contribution < 1.29 is 4.74 Å². The minimum atomic E-state index is 0.199. The van der Waals surface area contributed by atoms with Crippen LogP contribution in [-0.4, -0.2) is 19.3 Å². The van der Waals surface area contributed by atoms with Gasteiger partial charge in [-0.15, -0.1) is 0 Å². The fourth-order valence-corrected chi connectivity index (χ4v) is 6.90. The molecule has 0 atom stereocenters. The van der Waals surface area contributed by atoms with Crippen molar-refractivity contribution in [3.63, 3.8) is 0 Å². The summed E-state index contributed by atoms with van der Waals surface area (Å²) in [4.78, 5) is 4.81. The van der Waals surface area contributed by atoms with E-state index in [4.69, 9.17) is 14.8 Å². The molecule has 0 spiro atoms. The second-order valence-electron chi connectivity index (χ2n) is 14.6. The Morgan fingerprint density at radius 3 is 2.27 bits per heavy atom. The molecular weight excluding hydrogens is 589 g/mol. The largest absolute Gasteiger partial charge is 0.457 e. The molecule has 0 aliphatic heterocycles. The van der Waals surface area contributed by atoms with Crippen LogP contribution in [0.4, 0.5) is 0 Å². The molecule has 7 rings (SSSR count). The van der Waals surface area contributed by atoms with Crippen molar-refractivity contribution in [1.82, 2.24) is 19.3 Å². The van der Waals surface area contributed by atoms with Gasteiger partial charge in [-0.2, -0.15) is 5.10 Å². The highest BCUT2D eigenvalue weighted by Crippen LogP contribution is 2.38. The predicted octanol–water partition coefficient (Wildman–Crippen LogP) is 11.5. The normalized spacial score (nSPS) is 12.0. The Hall–Kier alpha value is -5.16. The highest BCUT2D eigenvalue weighted by atomic mass is 16.5. The minimum Gasteiger partial charge on any atom is -0.457 e. The van der Waals surface area contributed by atoms with Crippen LogP contribution in [0.2, 0.25) is 0 Å². The van der Waals surface area contributed by atoms with E-state index in [-0.39, 0.29) is 5.41 Å². The van der Waals surface area contributed by atoms with Gasteiger partial charge in [-0.3, -0.25) is 4.57 Å². The molecule has 0 aliphatic rings. The summed E-state index contributed by atoms with van der Waals surface area (Å²) < 4.78 is 11.0. The maximum Gasteiger partial charge on any atom is 0.137 e. The first-order valence-electron chi connectivity index (χ1n) is 16.9. The zero-order valence-corrected chi connectivity index (χ0v) is 29.3. The SMILES string of the molecule is Cc1ccnc(-n2c3ccc(CC(C)(C)C)cc3c3ccc(Oc4cc(C(C)C)cc(-n5nc(C)c(-c6ccccc6)c5C)c4)cc32)c1. The number of aryl methyl sites for hydroxylation is 2. The number of hydrogen-bond acceptors (Lipinski definition) is 3. The number of pyridine rings is 1. The van der Waals surface area contributed by atoms with Crippen molar-refractivity contribution in [3.8, 4) is 34.1 Å². The Morgan fingerprint density at radius 2 is 1.54 bits per heavy atom. The highest BCUT2D eigenvalue weighted by Gasteiger charge is 2.19. The molecule has 3 aromatic heterocycles. The predicted molar refractivity (Wildman–Crippen MR) is 199 cm³/mol. The van der Waals surface area contributed by atoms with Gasteiger partial charge in [0.15, 0.2) is 0 Å². The van der Waals surface area contributed by atoms with E-state index in [0.717, 1.165) is 51.8 Å². The van der Waals surface area contributed by atoms with Crippen LogP contribution >= 0.6 is 0 Å². The zero-order valence-electron chi connectivity index (χ0n) is 29.3. The summed E-state index contributed by atoms with van der Waals surface area (Å²) in [6.45, 7) is 17.6. The molecule has 0 N–H and O–H groups in total. The van der Waals surface area contributed by atoms with Gasteiger partial charge in [0.05, 0.1) is 22.4 Å². The number of hydrogen-bond donors (Lipinski definition) is 0. The van der Waals surface area contributed by atoms with Crippen LogP contribution in [0, 0.1) is 26.2 Å². The third-order valence-electron chi connectivity index (χ3n) is 9.08. The smallest absolute Gasteiger partial charge is 0.137 e. The quantitative estimate of drug-likeness (QED) is 0.176. The molecule has 0 saturated carbocycles. The molecule has 0 saturated heterocycles. The van der Waals surface area contributed by atoms with E-state index in [1.807, 2.05) is 18.3 Å². The van der Waals surface area contributed by atoms with Crippen molar-refractivity contribution in [2.24, 2.45) is 5.41 Å². The monoisotopic (exact) mass is 632 g/mol. The topological polar surface area (TPSA) is 44.9 Å². The van der Waals surface area contributed by atoms with Gasteiger partial charge in [-0.25, -0.2) is 9.67 Å². The third-order valence-corrected chi connectivity index (χ3v) is 9.08. The van der Waals surface area contributed by atoms with Gasteiger partial charge in [-0.05, 0) is 109 Å². The highest BCUT2D eigenvalue weighted by molar-refractivity contribution is 6.09. The first-order chi connectivity index (χ1) is 22.9. The maximum atomic E-state index is 6.73. The van der Waals surface area contributed by atoms with E-state index in [9.17, 15) is 0 Å². The summed E-state index contributed by atoms with van der Waals surface area (Å²) in [6.07, 6.45) is 2.90. The van der Waals surface area contributed by atoms with Crippen LogP contribution in [0.25, 0.3) is 44.4 Å². The van der Waals surface area contributed by atoms with Crippen LogP contribution in [0.1, 0.15) is 68.6 Å². The average Bonchev–Trinajstić information content (AvgIpc) is 3.52. The van der Waals surface area contributed by atoms with Gasteiger partial charge in [0.1, 0.15) is 17.3 Å². The molecule has 0 radical (unpaired) electrons. The number of benzene rings is 4. The molecule has 0 fully saturated rings. The number of ether oxygens (including phenoxy) is 1. The lowest BCUT2D eigenvalue weighted by Gasteiger charge is -2.18. The molecule has 242 valence electrons. The van der Waals surface area contributed by atoms with Gasteiger partial charge >= 0.3 is 0 Å². The van der Waals surface area contributed by atoms with Crippen LogP contribution in [0.3, 0.4) is 0 Å². The Bertz CT molecular complexity index is 2280. The summed E-state index contributed by atoms with van der Waals surface area (Å²) in [5.41, 5.74) is 11.6. The van der Waals surface area contributed by atoms with E-state index in [0.29, 0.717) is 5.92 Å². The lowest BCUT2D eigenvalue weighted by atomic mass is 9.88. The number of fused-ring (bicyclic) bond motifs is 3. The summed E-state index contributed by atoms with van der Waals surface area (Å²) in [5.74, 6) is 2.78. The molecule has 0 aliphatic carbocycles. The second-order valence-corrected chi connectivity index (χ2v) is 14.6. The van der Waals surface area contributed by atoms with E-state index in [1.54, 1.807) is 0 Å². The van der Waals surface area contributed by atoms with E-state index < -0.39 is 0 Å². The van der Waals surface area contributed by atoms with Crippen LogP contribution in [0.15, 0.2) is 103 Å². The molecule has 48 heavy (non-hydrogen) atoms. The van der Waals surface area contributed by atoms with Gasteiger partial charge in [0.2, 0.25) is 0 Å². The molecule has 0 bridgehead atoms. The summed E-state index contributed by atoms with van der Waals surface area (Å²) >= 11 is 0. The lowest BCUT2D eigenvalue weighted by molar-refractivity contribution is 0.411. The molecule has 7 aromatic rings. The summed E-state index contributed by atoms with van der Waals surface area (Å²) in [5, 5.41) is 7.41. The molecule has 0 unspecified atom stereocenters. The Kier molecular flexibility index (Phi) is 7.95. The zero-order chi connectivity index (χ0) is 33.7. The first-order valence-corrected chi connectivity index (χ1v) is 16.9. The number of rotatable bonds is 7. The van der Waals surface area contributed by atoms with Crippen molar-refractivity contribution in [3.05, 3.63) is 131 Å². The van der Waals surface area contributed by atoms with E-state index in [2.05, 4.69) is 150 Å². The Balaban J connectivity index is 1.34. The molecule has 4 aromatic carbocycles. The number of aromatic nitrogens is 4. The van der Waals surface area contributed by atoms with E-state index >= 15 is 0 Å². The maximum absolute atomic E-state index is 6.73. The van der Waals surface area contributed by atoms with Gasteiger partial charge in [0, 0.05) is 40.4 Å². The minimum absolute atomic E-state index is 0.199. The van der Waals surface area contributed by atoms with Crippen LogP contribution in [0.5, 0.6) is 11.5 Å². The van der Waals surface area contributed by atoms with Gasteiger partial charge < -0.3 is 4.74 Å². The van der Waals surface area contributed by atoms with Crippen LogP contribution < -0.4 is 4.74 Å². The summed E-state index contributed by atoms with van der Waals surface area (Å²) in [7, 11) is 0.